The van der Waals surface area contributed by atoms with Gasteiger partial charge in [-0.15, -0.1) is 0 Å². The van der Waals surface area contributed by atoms with Crippen LogP contribution < -0.4 is 0 Å². The molecule has 0 saturated carbocycles. The quantitative estimate of drug-likeness (QED) is 0.469. The number of morpholine rings is 1. The van der Waals surface area contributed by atoms with E-state index in [1.165, 1.54) is 0 Å². The first-order valence-corrected chi connectivity index (χ1v) is 4.64. The van der Waals surface area contributed by atoms with E-state index in [0.717, 1.165) is 39.4 Å². The SMILES string of the molecule is S=CC=NCCN1CCOCC1. The molecule has 68 valence electrons. The van der Waals surface area contributed by atoms with Crippen LogP contribution in [0.25, 0.3) is 0 Å². The van der Waals surface area contributed by atoms with Crippen LogP contribution in [0.1, 0.15) is 0 Å². The molecule has 0 aromatic carbocycles. The monoisotopic (exact) mass is 186 g/mol. The Morgan fingerprint density at radius 3 is 2.83 bits per heavy atom. The van der Waals surface area contributed by atoms with E-state index in [0.29, 0.717) is 0 Å². The summed E-state index contributed by atoms with van der Waals surface area (Å²) in [5.41, 5.74) is 0. The molecular weight excluding hydrogens is 172 g/mol. The van der Waals surface area contributed by atoms with Gasteiger partial charge in [-0.25, -0.2) is 0 Å². The van der Waals surface area contributed by atoms with Crippen molar-refractivity contribution in [1.82, 2.24) is 4.90 Å². The van der Waals surface area contributed by atoms with Gasteiger partial charge in [0.25, 0.3) is 0 Å². The van der Waals surface area contributed by atoms with Crippen molar-refractivity contribution in [2.24, 2.45) is 4.99 Å². The topological polar surface area (TPSA) is 24.8 Å². The molecule has 0 aromatic rings. The standard InChI is InChI=1S/C8H14N2OS/c12-8-2-9-1-3-10-4-6-11-7-5-10/h2,8H,1,3-7H2. The zero-order valence-electron chi connectivity index (χ0n) is 7.11. The van der Waals surface area contributed by atoms with Crippen molar-refractivity contribution >= 4 is 23.8 Å². The minimum absolute atomic E-state index is 0.840. The number of ether oxygens (including phenoxy) is 1. The van der Waals surface area contributed by atoms with Crippen LogP contribution in [-0.2, 0) is 4.74 Å². The van der Waals surface area contributed by atoms with Crippen LogP contribution in [0.2, 0.25) is 0 Å². The van der Waals surface area contributed by atoms with E-state index >= 15 is 0 Å². The summed E-state index contributed by atoms with van der Waals surface area (Å²) in [7, 11) is 0. The smallest absolute Gasteiger partial charge is 0.0594 e. The van der Waals surface area contributed by atoms with Crippen LogP contribution in [0.3, 0.4) is 0 Å². The Bertz CT molecular complexity index is 155. The lowest BCUT2D eigenvalue weighted by Gasteiger charge is -2.25. The maximum Gasteiger partial charge on any atom is 0.0594 e. The maximum atomic E-state index is 5.22. The number of hydrogen-bond donors (Lipinski definition) is 0. The van der Waals surface area contributed by atoms with Gasteiger partial charge in [0.1, 0.15) is 0 Å². The second kappa shape index (κ2) is 6.22. The highest BCUT2D eigenvalue weighted by atomic mass is 32.1. The Morgan fingerprint density at radius 1 is 1.42 bits per heavy atom. The van der Waals surface area contributed by atoms with Gasteiger partial charge in [-0.1, -0.05) is 12.2 Å². The molecule has 0 atom stereocenters. The fraction of sp³-hybridized carbons (Fsp3) is 0.750. The summed E-state index contributed by atoms with van der Waals surface area (Å²) in [6.45, 7) is 5.64. The molecule has 3 nitrogen and oxygen atoms in total. The maximum absolute atomic E-state index is 5.22. The van der Waals surface area contributed by atoms with Gasteiger partial charge in [-0.2, -0.15) is 0 Å². The van der Waals surface area contributed by atoms with Crippen molar-refractivity contribution in [2.45, 2.75) is 0 Å². The van der Waals surface area contributed by atoms with Crippen LogP contribution in [0.15, 0.2) is 4.99 Å². The Hall–Kier alpha value is -0.320. The summed E-state index contributed by atoms with van der Waals surface area (Å²) in [5, 5.41) is 1.54. The van der Waals surface area contributed by atoms with Gasteiger partial charge in [0.2, 0.25) is 0 Å². The van der Waals surface area contributed by atoms with E-state index in [1.807, 2.05) is 0 Å². The average Bonchev–Trinajstić information content (AvgIpc) is 2.14. The van der Waals surface area contributed by atoms with Crippen molar-refractivity contribution in [3.63, 3.8) is 0 Å². The fourth-order valence-electron chi connectivity index (χ4n) is 1.14. The molecule has 1 saturated heterocycles. The Labute approximate surface area is 78.4 Å². The van der Waals surface area contributed by atoms with Gasteiger partial charge in [0, 0.05) is 31.2 Å². The molecule has 1 aliphatic heterocycles. The molecule has 0 N–H and O–H groups in total. The molecular formula is C8H14N2OS. The lowest BCUT2D eigenvalue weighted by molar-refractivity contribution is 0.0395. The molecule has 0 bridgehead atoms. The number of thiocarbonyl (C=S) groups is 1. The lowest BCUT2D eigenvalue weighted by atomic mass is 10.4. The van der Waals surface area contributed by atoms with Crippen LogP contribution in [0, 0.1) is 0 Å². The molecule has 0 spiro atoms. The van der Waals surface area contributed by atoms with Crippen LogP contribution >= 0.6 is 12.2 Å². The van der Waals surface area contributed by atoms with Crippen molar-refractivity contribution < 1.29 is 4.74 Å². The van der Waals surface area contributed by atoms with E-state index in [1.54, 1.807) is 11.6 Å². The molecule has 1 fully saturated rings. The number of aliphatic imine (C=N–C) groups is 1. The second-order valence-electron chi connectivity index (χ2n) is 2.65. The van der Waals surface area contributed by atoms with Crippen LogP contribution in [0.5, 0.6) is 0 Å². The zero-order valence-corrected chi connectivity index (χ0v) is 7.92. The second-order valence-corrected chi connectivity index (χ2v) is 2.92. The molecule has 0 aliphatic carbocycles. The van der Waals surface area contributed by atoms with Crippen LogP contribution in [-0.4, -0.2) is 55.9 Å². The first-order valence-electron chi connectivity index (χ1n) is 4.17. The largest absolute Gasteiger partial charge is 0.379 e. The van der Waals surface area contributed by atoms with Gasteiger partial charge in [0.05, 0.1) is 19.8 Å². The molecule has 1 rings (SSSR count). The van der Waals surface area contributed by atoms with Crippen molar-refractivity contribution in [1.29, 1.82) is 0 Å². The summed E-state index contributed by atoms with van der Waals surface area (Å²) in [4.78, 5) is 6.47. The van der Waals surface area contributed by atoms with Crippen molar-refractivity contribution in [3.8, 4) is 0 Å². The predicted molar refractivity (Wildman–Crippen MR) is 54.3 cm³/mol. The normalized spacial score (nSPS) is 20.0. The first-order chi connectivity index (χ1) is 5.93. The van der Waals surface area contributed by atoms with E-state index in [-0.39, 0.29) is 0 Å². The highest BCUT2D eigenvalue weighted by Gasteiger charge is 2.08. The third kappa shape index (κ3) is 3.90. The van der Waals surface area contributed by atoms with E-state index in [4.69, 9.17) is 4.74 Å². The molecule has 0 unspecified atom stereocenters. The predicted octanol–water partition coefficient (Wildman–Crippen LogP) is 0.389. The Morgan fingerprint density at radius 2 is 2.17 bits per heavy atom. The highest BCUT2D eigenvalue weighted by Crippen LogP contribution is 1.95. The summed E-state index contributed by atoms with van der Waals surface area (Å²) < 4.78 is 5.22. The molecule has 0 radical (unpaired) electrons. The number of rotatable bonds is 4. The van der Waals surface area contributed by atoms with E-state index < -0.39 is 0 Å². The third-order valence-corrected chi connectivity index (χ3v) is 1.94. The van der Waals surface area contributed by atoms with E-state index in [2.05, 4.69) is 22.1 Å². The summed E-state index contributed by atoms with van der Waals surface area (Å²) in [5.74, 6) is 0. The molecule has 1 heterocycles. The number of nitrogens with zero attached hydrogens (tertiary/aromatic N) is 2. The molecule has 1 aliphatic rings. The summed E-state index contributed by atoms with van der Waals surface area (Å²) in [6.07, 6.45) is 1.68. The first kappa shape index (κ1) is 9.77. The fourth-order valence-corrected chi connectivity index (χ4v) is 1.23. The van der Waals surface area contributed by atoms with E-state index in [9.17, 15) is 0 Å². The third-order valence-electron chi connectivity index (χ3n) is 1.82. The minimum Gasteiger partial charge on any atom is -0.379 e. The Balaban J connectivity index is 2.05. The van der Waals surface area contributed by atoms with Gasteiger partial charge in [0.15, 0.2) is 0 Å². The average molecular weight is 186 g/mol. The van der Waals surface area contributed by atoms with Gasteiger partial charge >= 0.3 is 0 Å². The van der Waals surface area contributed by atoms with Gasteiger partial charge in [-0.3, -0.25) is 9.89 Å². The van der Waals surface area contributed by atoms with Crippen molar-refractivity contribution in [3.05, 3.63) is 0 Å². The zero-order chi connectivity index (χ0) is 8.65. The molecule has 12 heavy (non-hydrogen) atoms. The Kier molecular flexibility index (Phi) is 5.07. The molecule has 4 heteroatoms. The molecule has 0 aromatic heterocycles. The minimum atomic E-state index is 0.840. The lowest BCUT2D eigenvalue weighted by Crippen LogP contribution is -2.37. The van der Waals surface area contributed by atoms with Gasteiger partial charge < -0.3 is 4.74 Å². The van der Waals surface area contributed by atoms with Crippen LogP contribution in [0.4, 0.5) is 0 Å². The highest BCUT2D eigenvalue weighted by molar-refractivity contribution is 7.80. The van der Waals surface area contributed by atoms with Crippen molar-refractivity contribution in [2.75, 3.05) is 39.4 Å². The number of hydrogen-bond acceptors (Lipinski definition) is 4. The molecule has 0 amide bonds. The summed E-state index contributed by atoms with van der Waals surface area (Å²) >= 11 is 4.61. The van der Waals surface area contributed by atoms with Gasteiger partial charge in [-0.05, 0) is 0 Å². The summed E-state index contributed by atoms with van der Waals surface area (Å²) in [6, 6.07) is 0.